The van der Waals surface area contributed by atoms with Crippen molar-refractivity contribution in [1.82, 2.24) is 0 Å². The van der Waals surface area contributed by atoms with Crippen LogP contribution in [0.5, 0.6) is 5.75 Å². The number of ether oxygens (including phenoxy) is 1. The molecule has 0 saturated heterocycles. The monoisotopic (exact) mass is 279 g/mol. The summed E-state index contributed by atoms with van der Waals surface area (Å²) >= 11 is 0. The summed E-state index contributed by atoms with van der Waals surface area (Å²) in [4.78, 5) is 12.1. The number of rotatable bonds is 5. The van der Waals surface area contributed by atoms with Crippen LogP contribution in [0.1, 0.15) is 20.8 Å². The molecule has 0 aliphatic rings. The largest absolute Gasteiger partial charge is 0.497 e. The molecule has 0 unspecified atom stereocenters. The van der Waals surface area contributed by atoms with E-state index in [1.165, 1.54) is 0 Å². The second-order valence-corrected chi connectivity index (χ2v) is 5.46. The van der Waals surface area contributed by atoms with Crippen molar-refractivity contribution in [3.63, 3.8) is 0 Å². The van der Waals surface area contributed by atoms with Gasteiger partial charge in [-0.2, -0.15) is 0 Å². The Labute approximate surface area is 120 Å². The number of benzene rings is 1. The molecule has 0 aliphatic carbocycles. The Kier molecular flexibility index (Phi) is 5.59. The van der Waals surface area contributed by atoms with Crippen molar-refractivity contribution in [3.05, 3.63) is 18.2 Å². The third-order valence-electron chi connectivity index (χ3n) is 2.87. The van der Waals surface area contributed by atoms with Crippen molar-refractivity contribution in [1.29, 1.82) is 0 Å². The van der Waals surface area contributed by atoms with Gasteiger partial charge in [-0.15, -0.1) is 0 Å². The molecule has 0 radical (unpaired) electrons. The van der Waals surface area contributed by atoms with Crippen molar-refractivity contribution in [2.24, 2.45) is 5.41 Å². The van der Waals surface area contributed by atoms with Gasteiger partial charge in [-0.1, -0.05) is 20.8 Å². The average Bonchev–Trinajstić information content (AvgIpc) is 2.40. The molecule has 1 rings (SSSR count). The Hall–Kier alpha value is -1.53. The van der Waals surface area contributed by atoms with E-state index in [0.717, 1.165) is 0 Å². The molecule has 1 amide bonds. The van der Waals surface area contributed by atoms with Crippen LogP contribution in [0.25, 0.3) is 0 Å². The third kappa shape index (κ3) is 3.98. The molecule has 0 heterocycles. The maximum atomic E-state index is 12.1. The maximum absolute atomic E-state index is 12.1. The highest BCUT2D eigenvalue weighted by Gasteiger charge is 2.26. The summed E-state index contributed by atoms with van der Waals surface area (Å²) in [6, 6.07) is 5.35. The van der Waals surface area contributed by atoms with Crippen LogP contribution in [0.2, 0.25) is 0 Å². The van der Waals surface area contributed by atoms with Gasteiger partial charge in [-0.05, 0) is 18.2 Å². The van der Waals surface area contributed by atoms with E-state index in [2.05, 4.69) is 5.32 Å². The van der Waals surface area contributed by atoms with E-state index in [9.17, 15) is 4.79 Å². The lowest BCUT2D eigenvalue weighted by molar-refractivity contribution is -0.123. The smallest absolute Gasteiger partial charge is 0.495 e. The zero-order chi connectivity index (χ0) is 15.3. The molecule has 0 aliphatic heterocycles. The fourth-order valence-electron chi connectivity index (χ4n) is 1.64. The van der Waals surface area contributed by atoms with Crippen LogP contribution in [0.4, 0.5) is 5.69 Å². The second-order valence-electron chi connectivity index (χ2n) is 5.46. The Balaban J connectivity index is 3.15. The lowest BCUT2D eigenvalue weighted by Gasteiger charge is -2.21. The summed E-state index contributed by atoms with van der Waals surface area (Å²) in [6.07, 6.45) is 0. The van der Waals surface area contributed by atoms with E-state index >= 15 is 0 Å². The second kappa shape index (κ2) is 6.77. The highest BCUT2D eigenvalue weighted by molar-refractivity contribution is 6.63. The van der Waals surface area contributed by atoms with Crippen molar-refractivity contribution in [2.45, 2.75) is 20.8 Å². The molecule has 5 nitrogen and oxygen atoms in total. The minimum Gasteiger partial charge on any atom is -0.497 e. The molecule has 0 spiro atoms. The van der Waals surface area contributed by atoms with E-state index in [1.807, 2.05) is 20.8 Å². The Morgan fingerprint density at radius 2 is 1.75 bits per heavy atom. The number of nitrogens with one attached hydrogen (secondary N) is 1. The van der Waals surface area contributed by atoms with E-state index < -0.39 is 12.5 Å². The molecule has 1 aromatic rings. The summed E-state index contributed by atoms with van der Waals surface area (Å²) in [6.45, 7) is 5.57. The summed E-state index contributed by atoms with van der Waals surface area (Å²) in [5.74, 6) is 0.600. The lowest BCUT2D eigenvalue weighted by atomic mass is 9.77. The molecule has 0 atom stereocenters. The summed E-state index contributed by atoms with van der Waals surface area (Å²) in [5.41, 5.74) is 0.888. The van der Waals surface area contributed by atoms with Crippen LogP contribution < -0.4 is 15.5 Å². The summed E-state index contributed by atoms with van der Waals surface area (Å²) in [7, 11) is 4.10. The van der Waals surface area contributed by atoms with Gasteiger partial charge < -0.3 is 19.4 Å². The zero-order valence-corrected chi connectivity index (χ0v) is 12.9. The summed E-state index contributed by atoms with van der Waals surface area (Å²) in [5, 5.41) is 2.90. The fraction of sp³-hybridized carbons (Fsp3) is 0.500. The van der Waals surface area contributed by atoms with E-state index in [-0.39, 0.29) is 5.91 Å². The van der Waals surface area contributed by atoms with Crippen LogP contribution in [-0.2, 0) is 14.1 Å². The van der Waals surface area contributed by atoms with Crippen LogP contribution in [0.3, 0.4) is 0 Å². The first-order chi connectivity index (χ1) is 9.33. The number of methoxy groups -OCH3 is 1. The first kappa shape index (κ1) is 16.5. The Bertz CT molecular complexity index is 467. The van der Waals surface area contributed by atoms with Crippen LogP contribution in [-0.4, -0.2) is 34.4 Å². The van der Waals surface area contributed by atoms with Gasteiger partial charge >= 0.3 is 7.12 Å². The molecule has 1 aromatic carbocycles. The van der Waals surface area contributed by atoms with Crippen molar-refractivity contribution >= 4 is 24.2 Å². The zero-order valence-electron chi connectivity index (χ0n) is 12.9. The van der Waals surface area contributed by atoms with E-state index in [4.69, 9.17) is 14.0 Å². The molecule has 6 heteroatoms. The SMILES string of the molecule is COB(OC)c1cc(OC)ccc1NC(=O)C(C)(C)C. The number of carbonyl (C=O) groups excluding carboxylic acids is 1. The number of amides is 1. The highest BCUT2D eigenvalue weighted by Crippen LogP contribution is 2.19. The van der Waals surface area contributed by atoms with Crippen molar-refractivity contribution in [3.8, 4) is 5.75 Å². The molecular weight excluding hydrogens is 257 g/mol. The molecule has 1 N–H and O–H groups in total. The number of hydrogen-bond acceptors (Lipinski definition) is 4. The Morgan fingerprint density at radius 1 is 1.15 bits per heavy atom. The van der Waals surface area contributed by atoms with Crippen molar-refractivity contribution in [2.75, 3.05) is 26.6 Å². The first-order valence-corrected chi connectivity index (χ1v) is 6.38. The molecule has 0 aromatic heterocycles. The molecule has 0 fully saturated rings. The van der Waals surface area contributed by atoms with Gasteiger partial charge in [0.1, 0.15) is 5.75 Å². The van der Waals surface area contributed by atoms with Gasteiger partial charge in [-0.25, -0.2) is 0 Å². The number of carbonyl (C=O) groups is 1. The normalized spacial score (nSPS) is 11.1. The molecule has 0 saturated carbocycles. The van der Waals surface area contributed by atoms with E-state index in [0.29, 0.717) is 16.9 Å². The van der Waals surface area contributed by atoms with Crippen LogP contribution in [0, 0.1) is 5.41 Å². The lowest BCUT2D eigenvalue weighted by Crippen LogP contribution is -2.39. The Morgan fingerprint density at radius 3 is 2.20 bits per heavy atom. The molecule has 0 bridgehead atoms. The quantitative estimate of drug-likeness (QED) is 0.833. The minimum atomic E-state index is -0.569. The highest BCUT2D eigenvalue weighted by atomic mass is 16.6. The first-order valence-electron chi connectivity index (χ1n) is 6.38. The number of hydrogen-bond donors (Lipinski definition) is 1. The van der Waals surface area contributed by atoms with Gasteiger partial charge in [0.25, 0.3) is 0 Å². The van der Waals surface area contributed by atoms with Gasteiger partial charge in [0, 0.05) is 30.8 Å². The molecule has 20 heavy (non-hydrogen) atoms. The average molecular weight is 279 g/mol. The van der Waals surface area contributed by atoms with Crippen LogP contribution >= 0.6 is 0 Å². The van der Waals surface area contributed by atoms with Gasteiger partial charge in [0.05, 0.1) is 7.11 Å². The molecule has 110 valence electrons. The fourth-order valence-corrected chi connectivity index (χ4v) is 1.64. The maximum Gasteiger partial charge on any atom is 0.495 e. The standard InChI is InChI=1S/C14H22BNO4/c1-14(2,3)13(17)16-12-8-7-10(18-4)9-11(12)15(19-5)20-6/h7-9H,1-6H3,(H,16,17). The van der Waals surface area contributed by atoms with Gasteiger partial charge in [-0.3, -0.25) is 4.79 Å². The summed E-state index contributed by atoms with van der Waals surface area (Å²) < 4.78 is 15.7. The van der Waals surface area contributed by atoms with E-state index in [1.54, 1.807) is 39.5 Å². The predicted molar refractivity (Wildman–Crippen MR) is 80.5 cm³/mol. The number of anilines is 1. The van der Waals surface area contributed by atoms with Gasteiger partial charge in [0.15, 0.2) is 0 Å². The molecular formula is C14H22BNO4. The predicted octanol–water partition coefficient (Wildman–Crippen LogP) is 1.67. The van der Waals surface area contributed by atoms with Gasteiger partial charge in [0.2, 0.25) is 5.91 Å². The topological polar surface area (TPSA) is 56.8 Å². The van der Waals surface area contributed by atoms with Crippen LogP contribution in [0.15, 0.2) is 18.2 Å². The minimum absolute atomic E-state index is 0.0742. The third-order valence-corrected chi connectivity index (χ3v) is 2.87. The van der Waals surface area contributed by atoms with Crippen molar-refractivity contribution < 1.29 is 18.8 Å².